The topological polar surface area (TPSA) is 78.9 Å². The molecular weight excluding hydrogens is 280 g/mol. The van der Waals surface area contributed by atoms with E-state index in [9.17, 15) is 14.4 Å². The molecule has 0 radical (unpaired) electrons. The van der Waals surface area contributed by atoms with E-state index >= 15 is 0 Å². The van der Waals surface area contributed by atoms with Crippen molar-refractivity contribution in [1.82, 2.24) is 0 Å². The number of esters is 2. The van der Waals surface area contributed by atoms with Gasteiger partial charge in [-0.05, 0) is 26.1 Å². The number of methoxy groups -OCH3 is 1. The maximum absolute atomic E-state index is 11.9. The average molecular weight is 302 g/mol. The second-order valence-electron chi connectivity index (χ2n) is 5.10. The van der Waals surface area contributed by atoms with Crippen molar-refractivity contribution in [1.29, 1.82) is 0 Å². The Bertz CT molecular complexity index is 383. The van der Waals surface area contributed by atoms with Gasteiger partial charge < -0.3 is 13.9 Å². The van der Waals surface area contributed by atoms with Gasteiger partial charge >= 0.3 is 17.9 Å². The van der Waals surface area contributed by atoms with E-state index in [1.54, 1.807) is 0 Å². The van der Waals surface area contributed by atoms with Gasteiger partial charge in [-0.1, -0.05) is 13.3 Å². The van der Waals surface area contributed by atoms with Crippen LogP contribution in [0.15, 0.2) is 12.2 Å². The zero-order valence-corrected chi connectivity index (χ0v) is 13.6. The van der Waals surface area contributed by atoms with Gasteiger partial charge in [0.25, 0.3) is 0 Å². The largest absolute Gasteiger partial charge is 0.517 e. The first-order chi connectivity index (χ1) is 9.19. The van der Waals surface area contributed by atoms with Crippen LogP contribution in [0.1, 0.15) is 19.8 Å². The standard InChI is InChI=1S/C13H22O6Si/c1-6-7-10(13(16)19-20(3,4)5)18-12(15)9-8-11(14)17-2/h8-10H,6-7H2,1-5H3/b9-8+. The summed E-state index contributed by atoms with van der Waals surface area (Å²) >= 11 is 0. The van der Waals surface area contributed by atoms with Crippen molar-refractivity contribution in [2.24, 2.45) is 0 Å². The van der Waals surface area contributed by atoms with E-state index in [4.69, 9.17) is 9.16 Å². The van der Waals surface area contributed by atoms with Gasteiger partial charge in [-0.3, -0.25) is 0 Å². The van der Waals surface area contributed by atoms with Gasteiger partial charge in [0.05, 0.1) is 7.11 Å². The summed E-state index contributed by atoms with van der Waals surface area (Å²) in [5, 5.41) is 0. The molecular formula is C13H22O6Si. The number of hydrogen-bond acceptors (Lipinski definition) is 6. The molecule has 0 heterocycles. The van der Waals surface area contributed by atoms with Crippen molar-refractivity contribution in [3.05, 3.63) is 12.2 Å². The van der Waals surface area contributed by atoms with Gasteiger partial charge in [0.1, 0.15) is 0 Å². The summed E-state index contributed by atoms with van der Waals surface area (Å²) in [6.45, 7) is 7.47. The first kappa shape index (κ1) is 18.4. The molecule has 0 rings (SSSR count). The van der Waals surface area contributed by atoms with Gasteiger partial charge in [0.2, 0.25) is 8.32 Å². The number of rotatable bonds is 7. The molecule has 0 fully saturated rings. The highest BCUT2D eigenvalue weighted by Crippen LogP contribution is 2.11. The third kappa shape index (κ3) is 8.47. The molecule has 0 saturated carbocycles. The molecule has 20 heavy (non-hydrogen) atoms. The van der Waals surface area contributed by atoms with Crippen molar-refractivity contribution in [3.8, 4) is 0 Å². The van der Waals surface area contributed by atoms with Crippen molar-refractivity contribution in [3.63, 3.8) is 0 Å². The van der Waals surface area contributed by atoms with Gasteiger partial charge in [0, 0.05) is 12.2 Å². The number of ether oxygens (including phenoxy) is 2. The number of hydrogen-bond donors (Lipinski definition) is 0. The van der Waals surface area contributed by atoms with Crippen LogP contribution in [0.5, 0.6) is 0 Å². The summed E-state index contributed by atoms with van der Waals surface area (Å²) in [5.74, 6) is -1.98. The van der Waals surface area contributed by atoms with Crippen LogP contribution in [0.4, 0.5) is 0 Å². The molecule has 0 aliphatic carbocycles. The maximum atomic E-state index is 11.9. The van der Waals surface area contributed by atoms with Gasteiger partial charge in [-0.2, -0.15) is 0 Å². The minimum absolute atomic E-state index is 0.376. The minimum Gasteiger partial charge on any atom is -0.517 e. The molecule has 0 spiro atoms. The lowest BCUT2D eigenvalue weighted by molar-refractivity contribution is -0.159. The SMILES string of the molecule is CCCC(OC(=O)/C=C/C(=O)OC)C(=O)O[Si](C)(C)C. The van der Waals surface area contributed by atoms with E-state index in [-0.39, 0.29) is 0 Å². The van der Waals surface area contributed by atoms with E-state index < -0.39 is 32.3 Å². The Morgan fingerprint density at radius 1 is 1.10 bits per heavy atom. The highest BCUT2D eigenvalue weighted by Gasteiger charge is 2.28. The molecule has 114 valence electrons. The molecule has 7 heteroatoms. The van der Waals surface area contributed by atoms with Crippen molar-refractivity contribution in [2.45, 2.75) is 45.5 Å². The molecule has 0 aromatic rings. The Morgan fingerprint density at radius 3 is 2.10 bits per heavy atom. The van der Waals surface area contributed by atoms with Crippen LogP contribution in [0.25, 0.3) is 0 Å². The molecule has 6 nitrogen and oxygen atoms in total. The third-order valence-corrected chi connectivity index (χ3v) is 2.85. The molecule has 1 unspecified atom stereocenters. The zero-order valence-electron chi connectivity index (χ0n) is 12.6. The maximum Gasteiger partial charge on any atom is 0.334 e. The highest BCUT2D eigenvalue weighted by molar-refractivity contribution is 6.71. The first-order valence-corrected chi connectivity index (χ1v) is 9.80. The first-order valence-electron chi connectivity index (χ1n) is 6.39. The lowest BCUT2D eigenvalue weighted by Crippen LogP contribution is -2.37. The summed E-state index contributed by atoms with van der Waals surface area (Å²) in [6.07, 6.45) is 1.97. The normalized spacial score (nSPS) is 12.8. The number of carbonyl (C=O) groups is 3. The third-order valence-electron chi connectivity index (χ3n) is 2.04. The Hall–Kier alpha value is -1.63. The van der Waals surface area contributed by atoms with Crippen molar-refractivity contribution < 1.29 is 28.3 Å². The van der Waals surface area contributed by atoms with E-state index in [1.165, 1.54) is 7.11 Å². The van der Waals surface area contributed by atoms with Crippen LogP contribution < -0.4 is 0 Å². The molecule has 0 aromatic heterocycles. The Labute approximate surface area is 120 Å². The summed E-state index contributed by atoms with van der Waals surface area (Å²) in [6, 6.07) is 0. The molecule has 0 aliphatic heterocycles. The molecule has 0 saturated heterocycles. The van der Waals surface area contributed by atoms with Gasteiger partial charge in [-0.15, -0.1) is 0 Å². The summed E-state index contributed by atoms with van der Waals surface area (Å²) < 4.78 is 14.7. The molecule has 0 N–H and O–H groups in total. The van der Waals surface area contributed by atoms with E-state index in [0.29, 0.717) is 12.8 Å². The van der Waals surface area contributed by atoms with Gasteiger partial charge in [-0.25, -0.2) is 14.4 Å². The lowest BCUT2D eigenvalue weighted by atomic mass is 10.2. The monoisotopic (exact) mass is 302 g/mol. The fourth-order valence-corrected chi connectivity index (χ4v) is 1.97. The molecule has 0 aliphatic rings. The van der Waals surface area contributed by atoms with Crippen LogP contribution >= 0.6 is 0 Å². The predicted octanol–water partition coefficient (Wildman–Crippen LogP) is 1.81. The van der Waals surface area contributed by atoms with Crippen LogP contribution in [-0.4, -0.2) is 39.4 Å². The highest BCUT2D eigenvalue weighted by atomic mass is 28.4. The Balaban J connectivity index is 4.61. The fraction of sp³-hybridized carbons (Fsp3) is 0.615. The van der Waals surface area contributed by atoms with Gasteiger partial charge in [0.15, 0.2) is 6.10 Å². The molecule has 0 aromatic carbocycles. The van der Waals surface area contributed by atoms with Crippen LogP contribution in [-0.2, 0) is 28.3 Å². The van der Waals surface area contributed by atoms with Crippen LogP contribution in [0, 0.1) is 0 Å². The second kappa shape index (κ2) is 8.52. The fourth-order valence-electron chi connectivity index (χ4n) is 1.24. The molecule has 1 atom stereocenters. The molecule has 0 amide bonds. The number of carbonyl (C=O) groups excluding carboxylic acids is 3. The van der Waals surface area contributed by atoms with E-state index in [1.807, 2.05) is 26.6 Å². The predicted molar refractivity (Wildman–Crippen MR) is 75.4 cm³/mol. The zero-order chi connectivity index (χ0) is 15.8. The second-order valence-corrected chi connectivity index (χ2v) is 9.53. The molecule has 0 bridgehead atoms. The van der Waals surface area contributed by atoms with Crippen LogP contribution in [0.3, 0.4) is 0 Å². The minimum atomic E-state index is -2.04. The average Bonchev–Trinajstić information content (AvgIpc) is 2.33. The lowest BCUT2D eigenvalue weighted by Gasteiger charge is -2.22. The quantitative estimate of drug-likeness (QED) is 0.405. The summed E-state index contributed by atoms with van der Waals surface area (Å²) in [5.41, 5.74) is 0. The Kier molecular flexibility index (Phi) is 7.82. The van der Waals surface area contributed by atoms with Crippen molar-refractivity contribution in [2.75, 3.05) is 7.11 Å². The van der Waals surface area contributed by atoms with E-state index in [0.717, 1.165) is 12.2 Å². The van der Waals surface area contributed by atoms with Crippen LogP contribution in [0.2, 0.25) is 19.6 Å². The Morgan fingerprint density at radius 2 is 1.65 bits per heavy atom. The smallest absolute Gasteiger partial charge is 0.334 e. The summed E-state index contributed by atoms with van der Waals surface area (Å²) in [4.78, 5) is 34.3. The van der Waals surface area contributed by atoms with Crippen molar-refractivity contribution >= 4 is 26.2 Å². The summed E-state index contributed by atoms with van der Waals surface area (Å²) in [7, 11) is -0.841. The van der Waals surface area contributed by atoms with E-state index in [2.05, 4.69) is 4.74 Å².